The maximum atomic E-state index is 11.9. The average molecular weight is 270 g/mol. The molecule has 0 saturated heterocycles. The van der Waals surface area contributed by atoms with Crippen molar-refractivity contribution in [2.75, 3.05) is 0 Å². The summed E-state index contributed by atoms with van der Waals surface area (Å²) in [4.78, 5) is 26.8. The van der Waals surface area contributed by atoms with E-state index in [-0.39, 0.29) is 12.5 Å². The van der Waals surface area contributed by atoms with E-state index in [1.807, 2.05) is 6.07 Å². The van der Waals surface area contributed by atoms with Crippen LogP contribution in [0.4, 0.5) is 0 Å². The number of benzene rings is 1. The number of carbonyl (C=O) groups excluding carboxylic acids is 2. The largest absolute Gasteiger partial charge is 0.426 e. The quantitative estimate of drug-likeness (QED) is 0.681. The third kappa shape index (κ3) is 3.65. The van der Waals surface area contributed by atoms with Crippen molar-refractivity contribution in [1.29, 1.82) is 0 Å². The Labute approximate surface area is 116 Å². The van der Waals surface area contributed by atoms with E-state index in [2.05, 4.69) is 10.3 Å². The molecule has 0 aliphatic rings. The summed E-state index contributed by atoms with van der Waals surface area (Å²) in [5, 5.41) is 2.74. The second-order valence-electron chi connectivity index (χ2n) is 4.10. The Morgan fingerprint density at radius 3 is 2.60 bits per heavy atom. The highest BCUT2D eigenvalue weighted by atomic mass is 16.5. The number of esters is 1. The third-order valence-electron chi connectivity index (χ3n) is 2.56. The minimum absolute atomic E-state index is 0.263. The SMILES string of the molecule is CC(=O)Oc1ccccc1CNC(=O)c1ccccn1. The molecule has 0 aliphatic heterocycles. The zero-order valence-electron chi connectivity index (χ0n) is 11.0. The molecule has 0 spiro atoms. The second-order valence-corrected chi connectivity index (χ2v) is 4.10. The Morgan fingerprint density at radius 2 is 1.90 bits per heavy atom. The van der Waals surface area contributed by atoms with Gasteiger partial charge in [-0.3, -0.25) is 14.6 Å². The van der Waals surface area contributed by atoms with Gasteiger partial charge in [-0.15, -0.1) is 0 Å². The lowest BCUT2D eigenvalue weighted by atomic mass is 10.2. The Bertz CT molecular complexity index is 612. The number of aromatic nitrogens is 1. The number of hydrogen-bond donors (Lipinski definition) is 1. The summed E-state index contributed by atoms with van der Waals surface area (Å²) in [6.45, 7) is 1.60. The first-order valence-corrected chi connectivity index (χ1v) is 6.12. The van der Waals surface area contributed by atoms with Gasteiger partial charge in [0.1, 0.15) is 11.4 Å². The molecule has 2 rings (SSSR count). The Balaban J connectivity index is 2.04. The zero-order chi connectivity index (χ0) is 14.4. The lowest BCUT2D eigenvalue weighted by Gasteiger charge is -2.09. The number of ether oxygens (including phenoxy) is 1. The maximum Gasteiger partial charge on any atom is 0.308 e. The van der Waals surface area contributed by atoms with E-state index in [4.69, 9.17) is 4.74 Å². The van der Waals surface area contributed by atoms with Crippen molar-refractivity contribution in [1.82, 2.24) is 10.3 Å². The molecule has 0 radical (unpaired) electrons. The van der Waals surface area contributed by atoms with Crippen LogP contribution in [0, 0.1) is 0 Å². The van der Waals surface area contributed by atoms with Crippen molar-refractivity contribution in [3.05, 3.63) is 59.9 Å². The van der Waals surface area contributed by atoms with Crippen LogP contribution in [0.25, 0.3) is 0 Å². The number of pyridine rings is 1. The zero-order valence-corrected chi connectivity index (χ0v) is 11.0. The Kier molecular flexibility index (Phi) is 4.44. The highest BCUT2D eigenvalue weighted by Crippen LogP contribution is 2.17. The van der Waals surface area contributed by atoms with Gasteiger partial charge in [-0.1, -0.05) is 24.3 Å². The minimum Gasteiger partial charge on any atom is -0.426 e. The summed E-state index contributed by atoms with van der Waals surface area (Å²) in [5.74, 6) is -0.224. The van der Waals surface area contributed by atoms with Crippen molar-refractivity contribution in [2.45, 2.75) is 13.5 Å². The van der Waals surface area contributed by atoms with Gasteiger partial charge in [0, 0.05) is 25.2 Å². The summed E-state index contributed by atoms with van der Waals surface area (Å²) in [7, 11) is 0. The molecule has 1 aromatic heterocycles. The lowest BCUT2D eigenvalue weighted by Crippen LogP contribution is -2.24. The van der Waals surface area contributed by atoms with E-state index < -0.39 is 5.97 Å². The highest BCUT2D eigenvalue weighted by Gasteiger charge is 2.09. The van der Waals surface area contributed by atoms with E-state index in [0.717, 1.165) is 5.56 Å². The van der Waals surface area contributed by atoms with Gasteiger partial charge in [-0.2, -0.15) is 0 Å². The van der Waals surface area contributed by atoms with E-state index in [1.165, 1.54) is 6.92 Å². The van der Waals surface area contributed by atoms with Crippen molar-refractivity contribution >= 4 is 11.9 Å². The number of nitrogens with one attached hydrogen (secondary N) is 1. The van der Waals surface area contributed by atoms with Crippen LogP contribution in [0.2, 0.25) is 0 Å². The van der Waals surface area contributed by atoms with Gasteiger partial charge in [0.25, 0.3) is 5.91 Å². The monoisotopic (exact) mass is 270 g/mol. The van der Waals surface area contributed by atoms with Crippen LogP contribution in [0.5, 0.6) is 5.75 Å². The van der Waals surface area contributed by atoms with Crippen molar-refractivity contribution < 1.29 is 14.3 Å². The van der Waals surface area contributed by atoms with Crippen LogP contribution in [-0.4, -0.2) is 16.9 Å². The van der Waals surface area contributed by atoms with Crippen LogP contribution in [0.1, 0.15) is 23.0 Å². The smallest absolute Gasteiger partial charge is 0.308 e. The molecule has 1 heterocycles. The molecule has 1 N–H and O–H groups in total. The number of hydrogen-bond acceptors (Lipinski definition) is 4. The normalized spacial score (nSPS) is 9.85. The molecule has 5 nitrogen and oxygen atoms in total. The summed E-state index contributed by atoms with van der Waals surface area (Å²) in [6, 6.07) is 12.2. The van der Waals surface area contributed by atoms with Gasteiger partial charge in [0.15, 0.2) is 0 Å². The molecule has 0 saturated carbocycles. The van der Waals surface area contributed by atoms with Crippen LogP contribution in [-0.2, 0) is 11.3 Å². The number of nitrogens with zero attached hydrogens (tertiary/aromatic N) is 1. The van der Waals surface area contributed by atoms with Crippen LogP contribution < -0.4 is 10.1 Å². The number of rotatable bonds is 4. The minimum atomic E-state index is -0.395. The van der Waals surface area contributed by atoms with E-state index in [9.17, 15) is 9.59 Å². The molecule has 2 aromatic rings. The second kappa shape index (κ2) is 6.47. The molecule has 0 fully saturated rings. The highest BCUT2D eigenvalue weighted by molar-refractivity contribution is 5.92. The topological polar surface area (TPSA) is 68.3 Å². The van der Waals surface area contributed by atoms with Gasteiger partial charge in [0.2, 0.25) is 0 Å². The van der Waals surface area contributed by atoms with E-state index >= 15 is 0 Å². The van der Waals surface area contributed by atoms with Crippen molar-refractivity contribution in [3.63, 3.8) is 0 Å². The fourth-order valence-corrected chi connectivity index (χ4v) is 1.67. The van der Waals surface area contributed by atoms with Crippen molar-refractivity contribution in [3.8, 4) is 5.75 Å². The Morgan fingerprint density at radius 1 is 1.15 bits per heavy atom. The number of amides is 1. The van der Waals surface area contributed by atoms with E-state index in [0.29, 0.717) is 11.4 Å². The lowest BCUT2D eigenvalue weighted by molar-refractivity contribution is -0.131. The summed E-state index contributed by atoms with van der Waals surface area (Å²) >= 11 is 0. The van der Waals surface area contributed by atoms with Gasteiger partial charge in [-0.05, 0) is 18.2 Å². The molecule has 1 amide bonds. The first-order chi connectivity index (χ1) is 9.66. The molecule has 0 bridgehead atoms. The molecule has 0 aliphatic carbocycles. The first kappa shape index (κ1) is 13.7. The van der Waals surface area contributed by atoms with Crippen LogP contribution in [0.15, 0.2) is 48.7 Å². The summed E-state index contributed by atoms with van der Waals surface area (Å²) in [5.41, 5.74) is 1.07. The van der Waals surface area contributed by atoms with Gasteiger partial charge < -0.3 is 10.1 Å². The summed E-state index contributed by atoms with van der Waals surface area (Å²) < 4.78 is 5.08. The average Bonchev–Trinajstić information content (AvgIpc) is 2.46. The molecular weight excluding hydrogens is 256 g/mol. The third-order valence-corrected chi connectivity index (χ3v) is 2.56. The molecule has 0 atom stereocenters. The molecule has 102 valence electrons. The molecule has 5 heteroatoms. The fourth-order valence-electron chi connectivity index (χ4n) is 1.67. The fraction of sp³-hybridized carbons (Fsp3) is 0.133. The van der Waals surface area contributed by atoms with Gasteiger partial charge >= 0.3 is 5.97 Å². The molecule has 1 aromatic carbocycles. The van der Waals surface area contributed by atoms with Crippen LogP contribution in [0.3, 0.4) is 0 Å². The molecular formula is C15H14N2O3. The first-order valence-electron chi connectivity index (χ1n) is 6.12. The van der Waals surface area contributed by atoms with Gasteiger partial charge in [0.05, 0.1) is 0 Å². The standard InChI is InChI=1S/C15H14N2O3/c1-11(18)20-14-8-3-2-6-12(14)10-17-15(19)13-7-4-5-9-16-13/h2-9H,10H2,1H3,(H,17,19). The predicted octanol–water partition coefficient (Wildman–Crippen LogP) is 1.94. The Hall–Kier alpha value is -2.69. The molecule has 0 unspecified atom stereocenters. The van der Waals surface area contributed by atoms with Gasteiger partial charge in [-0.25, -0.2) is 0 Å². The van der Waals surface area contributed by atoms with Crippen molar-refractivity contribution in [2.24, 2.45) is 0 Å². The summed E-state index contributed by atoms with van der Waals surface area (Å²) in [6.07, 6.45) is 1.56. The van der Waals surface area contributed by atoms with Crippen LogP contribution >= 0.6 is 0 Å². The van der Waals surface area contributed by atoms with E-state index in [1.54, 1.807) is 42.6 Å². The molecule has 20 heavy (non-hydrogen) atoms. The predicted molar refractivity (Wildman–Crippen MR) is 73.2 cm³/mol. The maximum absolute atomic E-state index is 11.9. The number of carbonyl (C=O) groups is 2. The number of para-hydroxylation sites is 1.